The number of fused-ring (bicyclic) bond motifs is 1. The molecule has 0 fully saturated rings. The van der Waals surface area contributed by atoms with E-state index in [0.717, 1.165) is 36.1 Å². The molecule has 2 amide bonds. The van der Waals surface area contributed by atoms with Crippen molar-refractivity contribution in [1.82, 2.24) is 5.43 Å². The smallest absolute Gasteiger partial charge is 0.341 e. The van der Waals surface area contributed by atoms with Gasteiger partial charge >= 0.3 is 17.8 Å². The normalized spacial score (nSPS) is 12.9. The summed E-state index contributed by atoms with van der Waals surface area (Å²) in [5, 5.41) is 16.1. The lowest BCUT2D eigenvalue weighted by Crippen LogP contribution is -2.32. The van der Waals surface area contributed by atoms with Gasteiger partial charge in [-0.05, 0) is 55.0 Å². The molecule has 1 aliphatic rings. The average molecular weight is 431 g/mol. The predicted octanol–water partition coefficient (Wildman–Crippen LogP) is 2.22. The van der Waals surface area contributed by atoms with Gasteiger partial charge in [-0.3, -0.25) is 9.59 Å². The standard InChI is InChI=1S/C20H21N3O6S/c1-28-14-9-11(7-8-13(14)24)10-21-23-18(26)17(25)22-19-16(20(27)29-2)12-5-3-4-6-15(12)30-19/h7-10,24H,3-6H2,1-2H3,(H,22,25)(H,23,26)/b21-10+. The molecule has 1 aromatic heterocycles. The van der Waals surface area contributed by atoms with E-state index in [2.05, 4.69) is 15.8 Å². The van der Waals surface area contributed by atoms with E-state index in [4.69, 9.17) is 9.47 Å². The van der Waals surface area contributed by atoms with E-state index in [1.807, 2.05) is 0 Å². The van der Waals surface area contributed by atoms with Crippen LogP contribution < -0.4 is 15.5 Å². The molecule has 2 aromatic rings. The molecule has 0 radical (unpaired) electrons. The number of aryl methyl sites for hydroxylation is 1. The second kappa shape index (κ2) is 9.40. The number of nitrogens with zero attached hydrogens (tertiary/aromatic N) is 1. The summed E-state index contributed by atoms with van der Waals surface area (Å²) in [5.41, 5.74) is 3.88. The molecule has 1 aliphatic carbocycles. The van der Waals surface area contributed by atoms with Gasteiger partial charge in [0.05, 0.1) is 26.0 Å². The number of thiophene rings is 1. The first-order chi connectivity index (χ1) is 14.4. The molecule has 3 N–H and O–H groups in total. The van der Waals surface area contributed by atoms with Crippen LogP contribution in [0.25, 0.3) is 0 Å². The van der Waals surface area contributed by atoms with Gasteiger partial charge in [-0.15, -0.1) is 11.3 Å². The fourth-order valence-corrected chi connectivity index (χ4v) is 4.39. The van der Waals surface area contributed by atoms with Gasteiger partial charge in [0.2, 0.25) is 0 Å². The van der Waals surface area contributed by atoms with Gasteiger partial charge in [0.15, 0.2) is 11.5 Å². The van der Waals surface area contributed by atoms with E-state index in [1.54, 1.807) is 6.07 Å². The second-order valence-corrected chi connectivity index (χ2v) is 7.60. The molecule has 0 saturated heterocycles. The number of hydrogen-bond acceptors (Lipinski definition) is 8. The highest BCUT2D eigenvalue weighted by Gasteiger charge is 2.28. The van der Waals surface area contributed by atoms with Crippen LogP contribution >= 0.6 is 11.3 Å². The minimum Gasteiger partial charge on any atom is -0.504 e. The highest BCUT2D eigenvalue weighted by Crippen LogP contribution is 2.38. The van der Waals surface area contributed by atoms with Gasteiger partial charge in [0.25, 0.3) is 0 Å². The molecule has 0 aliphatic heterocycles. The number of anilines is 1. The predicted molar refractivity (Wildman–Crippen MR) is 111 cm³/mol. The maximum absolute atomic E-state index is 12.3. The number of esters is 1. The third-order valence-electron chi connectivity index (χ3n) is 4.58. The summed E-state index contributed by atoms with van der Waals surface area (Å²) in [6.07, 6.45) is 4.83. The van der Waals surface area contributed by atoms with E-state index >= 15 is 0 Å². The van der Waals surface area contributed by atoms with Gasteiger partial charge in [0, 0.05) is 4.88 Å². The Balaban J connectivity index is 1.68. The number of aromatic hydroxyl groups is 1. The first kappa shape index (κ1) is 21.3. The molecule has 30 heavy (non-hydrogen) atoms. The molecule has 0 bridgehead atoms. The van der Waals surface area contributed by atoms with Crippen molar-refractivity contribution in [3.8, 4) is 11.5 Å². The number of methoxy groups -OCH3 is 2. The molecule has 1 aromatic carbocycles. The number of hydrogen-bond donors (Lipinski definition) is 3. The quantitative estimate of drug-likeness (QED) is 0.288. The third kappa shape index (κ3) is 4.60. The maximum atomic E-state index is 12.3. The molecule has 9 nitrogen and oxygen atoms in total. The van der Waals surface area contributed by atoms with Crippen molar-refractivity contribution in [2.75, 3.05) is 19.5 Å². The second-order valence-electron chi connectivity index (χ2n) is 6.49. The lowest BCUT2D eigenvalue weighted by atomic mass is 9.95. The Morgan fingerprint density at radius 3 is 2.67 bits per heavy atom. The van der Waals surface area contributed by atoms with Gasteiger partial charge in [-0.25, -0.2) is 10.2 Å². The monoisotopic (exact) mass is 431 g/mol. The fourth-order valence-electron chi connectivity index (χ4n) is 3.12. The third-order valence-corrected chi connectivity index (χ3v) is 5.78. The van der Waals surface area contributed by atoms with Crippen LogP contribution in [-0.2, 0) is 27.2 Å². The van der Waals surface area contributed by atoms with Gasteiger partial charge in [-0.1, -0.05) is 0 Å². The minimum absolute atomic E-state index is 0.0295. The Hall–Kier alpha value is -3.40. The largest absolute Gasteiger partial charge is 0.504 e. The van der Waals surface area contributed by atoms with Crippen LogP contribution in [0.5, 0.6) is 11.5 Å². The Kier molecular flexibility index (Phi) is 6.68. The average Bonchev–Trinajstić information content (AvgIpc) is 3.11. The van der Waals surface area contributed by atoms with Crippen LogP contribution in [0.3, 0.4) is 0 Å². The zero-order valence-corrected chi connectivity index (χ0v) is 17.3. The van der Waals surface area contributed by atoms with Gasteiger partial charge in [-0.2, -0.15) is 5.10 Å². The number of nitrogens with one attached hydrogen (secondary N) is 2. The van der Waals surface area contributed by atoms with Crippen LogP contribution in [0, 0.1) is 0 Å². The van der Waals surface area contributed by atoms with Gasteiger partial charge in [0.1, 0.15) is 5.00 Å². The number of phenolic OH excluding ortho intramolecular Hbond substituents is 1. The first-order valence-corrected chi connectivity index (χ1v) is 10.0. The molecule has 10 heteroatoms. The summed E-state index contributed by atoms with van der Waals surface area (Å²) in [6, 6.07) is 4.50. The van der Waals surface area contributed by atoms with Crippen LogP contribution in [0.1, 0.15) is 39.2 Å². The summed E-state index contributed by atoms with van der Waals surface area (Å²) >= 11 is 1.29. The van der Waals surface area contributed by atoms with Crippen molar-refractivity contribution >= 4 is 40.3 Å². The van der Waals surface area contributed by atoms with Crippen LogP contribution in [-0.4, -0.2) is 43.3 Å². The molecule has 1 heterocycles. The number of amides is 2. The lowest BCUT2D eigenvalue weighted by molar-refractivity contribution is -0.136. The number of ether oxygens (including phenoxy) is 2. The molecule has 0 atom stereocenters. The topological polar surface area (TPSA) is 126 Å². The Bertz CT molecular complexity index is 1010. The maximum Gasteiger partial charge on any atom is 0.341 e. The zero-order valence-electron chi connectivity index (χ0n) is 16.5. The summed E-state index contributed by atoms with van der Waals surface area (Å²) in [6.45, 7) is 0. The van der Waals surface area contributed by atoms with Crippen LogP contribution in [0.2, 0.25) is 0 Å². The summed E-state index contributed by atoms with van der Waals surface area (Å²) in [7, 11) is 2.69. The number of carbonyl (C=O) groups is 3. The molecule has 3 rings (SSSR count). The highest BCUT2D eigenvalue weighted by atomic mass is 32.1. The fraction of sp³-hybridized carbons (Fsp3) is 0.300. The summed E-state index contributed by atoms with van der Waals surface area (Å²) < 4.78 is 9.84. The molecular weight excluding hydrogens is 410 g/mol. The molecule has 0 unspecified atom stereocenters. The van der Waals surface area contributed by atoms with E-state index in [0.29, 0.717) is 16.1 Å². The SMILES string of the molecule is COC(=O)c1c(NC(=O)C(=O)N/N=C/c2ccc(O)c(OC)c2)sc2c1CCCC2. The van der Waals surface area contributed by atoms with Gasteiger partial charge < -0.3 is 19.9 Å². The molecule has 158 valence electrons. The van der Waals surface area contributed by atoms with Crippen molar-refractivity contribution in [2.24, 2.45) is 5.10 Å². The van der Waals surface area contributed by atoms with Crippen molar-refractivity contribution in [2.45, 2.75) is 25.7 Å². The van der Waals surface area contributed by atoms with Crippen molar-refractivity contribution in [3.05, 3.63) is 39.8 Å². The molecular formula is C20H21N3O6S. The lowest BCUT2D eigenvalue weighted by Gasteiger charge is -2.11. The first-order valence-electron chi connectivity index (χ1n) is 9.18. The van der Waals surface area contributed by atoms with E-state index < -0.39 is 17.8 Å². The minimum atomic E-state index is -0.987. The van der Waals surface area contributed by atoms with Crippen molar-refractivity contribution in [3.63, 3.8) is 0 Å². The van der Waals surface area contributed by atoms with E-state index in [1.165, 1.54) is 43.9 Å². The number of phenols is 1. The number of rotatable bonds is 5. The summed E-state index contributed by atoms with van der Waals surface area (Å²) in [5.74, 6) is -2.25. The summed E-state index contributed by atoms with van der Waals surface area (Å²) in [4.78, 5) is 37.6. The Labute approximate surface area is 176 Å². The van der Waals surface area contributed by atoms with Crippen LogP contribution in [0.4, 0.5) is 5.00 Å². The van der Waals surface area contributed by atoms with E-state index in [-0.39, 0.29) is 11.5 Å². The zero-order chi connectivity index (χ0) is 21.7. The van der Waals surface area contributed by atoms with Crippen LogP contribution in [0.15, 0.2) is 23.3 Å². The van der Waals surface area contributed by atoms with Crippen molar-refractivity contribution < 1.29 is 29.0 Å². The number of benzene rings is 1. The Morgan fingerprint density at radius 2 is 1.93 bits per heavy atom. The van der Waals surface area contributed by atoms with Crippen molar-refractivity contribution in [1.29, 1.82) is 0 Å². The molecule has 0 spiro atoms. The number of hydrazone groups is 1. The molecule has 0 saturated carbocycles. The highest BCUT2D eigenvalue weighted by molar-refractivity contribution is 7.17. The Morgan fingerprint density at radius 1 is 1.17 bits per heavy atom. The number of carbonyl (C=O) groups excluding carboxylic acids is 3. The van der Waals surface area contributed by atoms with E-state index in [9.17, 15) is 19.5 Å².